The number of benzene rings is 1. The number of amides is 1. The van der Waals surface area contributed by atoms with Gasteiger partial charge in [0.15, 0.2) is 0 Å². The number of hydrogen-bond donors (Lipinski definition) is 1. The summed E-state index contributed by atoms with van der Waals surface area (Å²) in [6, 6.07) is 7.53. The van der Waals surface area contributed by atoms with Crippen LogP contribution >= 0.6 is 11.6 Å². The maximum absolute atomic E-state index is 13.6. The maximum atomic E-state index is 13.6. The van der Waals surface area contributed by atoms with Crippen molar-refractivity contribution >= 4 is 17.5 Å². The number of nitrogens with one attached hydrogen (secondary N) is 1. The molecule has 0 radical (unpaired) electrons. The second-order valence-corrected chi connectivity index (χ2v) is 4.45. The first-order valence-electron chi connectivity index (χ1n) is 5.92. The lowest BCUT2D eigenvalue weighted by Crippen LogP contribution is -2.29. The number of ether oxygens (including phenoxy) is 1. The average Bonchev–Trinajstić information content (AvgIpc) is 2.93. The molecule has 0 aliphatic rings. The fourth-order valence-electron chi connectivity index (χ4n) is 1.76. The first-order valence-corrected chi connectivity index (χ1v) is 6.29. The normalized spacial score (nSPS) is 12.2. The predicted octanol–water partition coefficient (Wildman–Crippen LogP) is 3.19. The van der Waals surface area contributed by atoms with Gasteiger partial charge in [-0.1, -0.05) is 17.7 Å². The predicted molar refractivity (Wildman–Crippen MR) is 72.2 cm³/mol. The van der Waals surface area contributed by atoms with Crippen molar-refractivity contribution in [2.45, 2.75) is 6.10 Å². The average molecular weight is 298 g/mol. The van der Waals surface area contributed by atoms with Crippen LogP contribution in [0.1, 0.15) is 22.2 Å². The Morgan fingerprint density at radius 1 is 1.45 bits per heavy atom. The molecular formula is C14H13ClFNO3. The van der Waals surface area contributed by atoms with Crippen LogP contribution in [-0.2, 0) is 4.74 Å². The van der Waals surface area contributed by atoms with Gasteiger partial charge in [0.05, 0.1) is 23.4 Å². The summed E-state index contributed by atoms with van der Waals surface area (Å²) < 4.78 is 24.0. The van der Waals surface area contributed by atoms with Crippen molar-refractivity contribution in [3.05, 3.63) is 58.8 Å². The summed E-state index contributed by atoms with van der Waals surface area (Å²) in [5.74, 6) is -0.684. The molecule has 1 aromatic heterocycles. The summed E-state index contributed by atoms with van der Waals surface area (Å²) in [4.78, 5) is 12.0. The summed E-state index contributed by atoms with van der Waals surface area (Å²) in [5, 5.41) is 2.64. The highest BCUT2D eigenvalue weighted by Gasteiger charge is 2.19. The largest absolute Gasteiger partial charge is 0.467 e. The lowest BCUT2D eigenvalue weighted by Gasteiger charge is -2.14. The van der Waals surface area contributed by atoms with Crippen LogP contribution in [0.15, 0.2) is 41.0 Å². The van der Waals surface area contributed by atoms with Gasteiger partial charge in [0, 0.05) is 7.11 Å². The lowest BCUT2D eigenvalue weighted by atomic mass is 10.2. The number of rotatable bonds is 5. The molecule has 4 nitrogen and oxygen atoms in total. The highest BCUT2D eigenvalue weighted by atomic mass is 35.5. The first kappa shape index (κ1) is 14.6. The van der Waals surface area contributed by atoms with Crippen molar-refractivity contribution in [1.29, 1.82) is 0 Å². The zero-order chi connectivity index (χ0) is 14.5. The monoisotopic (exact) mass is 297 g/mol. The van der Waals surface area contributed by atoms with Crippen molar-refractivity contribution in [3.63, 3.8) is 0 Å². The molecule has 0 aliphatic heterocycles. The molecule has 2 rings (SSSR count). The quantitative estimate of drug-likeness (QED) is 0.922. The smallest absolute Gasteiger partial charge is 0.255 e. The van der Waals surface area contributed by atoms with E-state index in [-0.39, 0.29) is 17.1 Å². The fourth-order valence-corrected chi connectivity index (χ4v) is 2.01. The van der Waals surface area contributed by atoms with Crippen LogP contribution in [0.25, 0.3) is 0 Å². The van der Waals surface area contributed by atoms with E-state index < -0.39 is 17.8 Å². The molecule has 1 N–H and O–H groups in total. The molecule has 6 heteroatoms. The molecule has 1 aromatic carbocycles. The summed E-state index contributed by atoms with van der Waals surface area (Å²) in [7, 11) is 1.50. The van der Waals surface area contributed by atoms with Crippen LogP contribution in [0.4, 0.5) is 4.39 Å². The van der Waals surface area contributed by atoms with E-state index in [1.165, 1.54) is 31.6 Å². The van der Waals surface area contributed by atoms with Gasteiger partial charge in [-0.25, -0.2) is 4.39 Å². The zero-order valence-corrected chi connectivity index (χ0v) is 11.5. The van der Waals surface area contributed by atoms with Crippen LogP contribution < -0.4 is 5.32 Å². The van der Waals surface area contributed by atoms with Crippen molar-refractivity contribution in [3.8, 4) is 0 Å². The topological polar surface area (TPSA) is 51.5 Å². The minimum absolute atomic E-state index is 0.0643. The Morgan fingerprint density at radius 2 is 2.25 bits per heavy atom. The van der Waals surface area contributed by atoms with Gasteiger partial charge in [0.25, 0.3) is 5.91 Å². The van der Waals surface area contributed by atoms with Gasteiger partial charge in [-0.15, -0.1) is 0 Å². The fraction of sp³-hybridized carbons (Fsp3) is 0.214. The zero-order valence-electron chi connectivity index (χ0n) is 10.7. The highest BCUT2D eigenvalue weighted by Crippen LogP contribution is 2.20. The molecular weight excluding hydrogens is 285 g/mol. The summed E-state index contributed by atoms with van der Waals surface area (Å²) in [5.41, 5.74) is -0.177. The van der Waals surface area contributed by atoms with Gasteiger partial charge in [-0.3, -0.25) is 4.79 Å². The van der Waals surface area contributed by atoms with E-state index in [0.29, 0.717) is 5.76 Å². The summed E-state index contributed by atoms with van der Waals surface area (Å²) >= 11 is 5.82. The second-order valence-electron chi connectivity index (χ2n) is 4.05. The minimum Gasteiger partial charge on any atom is -0.467 e. The Kier molecular flexibility index (Phi) is 4.76. The number of carbonyl (C=O) groups is 1. The molecule has 2 aromatic rings. The van der Waals surface area contributed by atoms with Gasteiger partial charge < -0.3 is 14.5 Å². The van der Waals surface area contributed by atoms with Crippen molar-refractivity contribution in [1.82, 2.24) is 5.32 Å². The van der Waals surface area contributed by atoms with Crippen LogP contribution in [0.2, 0.25) is 5.02 Å². The van der Waals surface area contributed by atoms with Crippen molar-refractivity contribution in [2.75, 3.05) is 13.7 Å². The van der Waals surface area contributed by atoms with E-state index in [4.69, 9.17) is 20.8 Å². The van der Waals surface area contributed by atoms with Gasteiger partial charge in [0.2, 0.25) is 0 Å². The van der Waals surface area contributed by atoms with E-state index in [1.54, 1.807) is 12.1 Å². The number of carbonyl (C=O) groups excluding carboxylic acids is 1. The van der Waals surface area contributed by atoms with Gasteiger partial charge in [-0.05, 0) is 24.3 Å². The molecule has 106 valence electrons. The third-order valence-corrected chi connectivity index (χ3v) is 3.10. The Morgan fingerprint density at radius 3 is 2.85 bits per heavy atom. The van der Waals surface area contributed by atoms with E-state index >= 15 is 0 Å². The molecule has 0 aliphatic carbocycles. The maximum Gasteiger partial charge on any atom is 0.255 e. The molecule has 1 amide bonds. The molecule has 0 spiro atoms. The van der Waals surface area contributed by atoms with Gasteiger partial charge >= 0.3 is 0 Å². The van der Waals surface area contributed by atoms with E-state index in [0.717, 1.165) is 0 Å². The highest BCUT2D eigenvalue weighted by molar-refractivity contribution is 6.33. The van der Waals surface area contributed by atoms with Crippen LogP contribution in [-0.4, -0.2) is 19.6 Å². The Balaban J connectivity index is 2.05. The Labute approximate surface area is 120 Å². The standard InChI is InChI=1S/C14H13ClFNO3/c1-19-12(11-6-3-7-20-11)8-17-14(18)13-9(15)4-2-5-10(13)16/h2-7,12H,8H2,1H3,(H,17,18). The number of halogens is 2. The Hall–Kier alpha value is -1.85. The van der Waals surface area contributed by atoms with Gasteiger partial charge in [-0.2, -0.15) is 0 Å². The molecule has 0 bridgehead atoms. The molecule has 1 unspecified atom stereocenters. The van der Waals surface area contributed by atoms with Crippen molar-refractivity contribution in [2.24, 2.45) is 0 Å². The van der Waals surface area contributed by atoms with Crippen LogP contribution in [0.3, 0.4) is 0 Å². The first-order chi connectivity index (χ1) is 9.63. The van der Waals surface area contributed by atoms with Crippen LogP contribution in [0, 0.1) is 5.82 Å². The minimum atomic E-state index is -0.665. The summed E-state index contributed by atoms with van der Waals surface area (Å²) in [6.07, 6.45) is 1.07. The molecule has 0 fully saturated rings. The Bertz CT molecular complexity index is 566. The lowest BCUT2D eigenvalue weighted by molar-refractivity contribution is 0.0736. The second kappa shape index (κ2) is 6.54. The van der Waals surface area contributed by atoms with E-state index in [1.807, 2.05) is 0 Å². The summed E-state index contributed by atoms with van der Waals surface area (Å²) in [6.45, 7) is 0.146. The number of hydrogen-bond acceptors (Lipinski definition) is 3. The molecule has 0 saturated carbocycles. The molecule has 20 heavy (non-hydrogen) atoms. The van der Waals surface area contributed by atoms with Gasteiger partial charge in [0.1, 0.15) is 17.7 Å². The van der Waals surface area contributed by atoms with Crippen molar-refractivity contribution < 1.29 is 18.3 Å². The van der Waals surface area contributed by atoms with E-state index in [2.05, 4.69) is 5.32 Å². The van der Waals surface area contributed by atoms with Crippen LogP contribution in [0.5, 0.6) is 0 Å². The molecule has 1 heterocycles. The SMILES string of the molecule is COC(CNC(=O)c1c(F)cccc1Cl)c1ccco1. The third kappa shape index (κ3) is 3.18. The number of furan rings is 1. The number of methoxy groups -OCH3 is 1. The molecule has 0 saturated heterocycles. The van der Waals surface area contributed by atoms with E-state index in [9.17, 15) is 9.18 Å². The molecule has 1 atom stereocenters. The third-order valence-electron chi connectivity index (χ3n) is 2.78.